The minimum Gasteiger partial charge on any atom is -0.544 e. The molecule has 0 aromatic heterocycles. The van der Waals surface area contributed by atoms with Crippen LogP contribution in [0.4, 0.5) is 0 Å². The minimum absolute atomic E-state index is 0.0164. The van der Waals surface area contributed by atoms with E-state index in [4.69, 9.17) is 14.2 Å². The quantitative estimate of drug-likeness (QED) is 0.0198. The molecule has 0 aromatic carbocycles. The van der Waals surface area contributed by atoms with E-state index in [0.29, 0.717) is 12.8 Å². The fourth-order valence-corrected chi connectivity index (χ4v) is 6.86. The molecule has 0 N–H and O–H groups in total. The van der Waals surface area contributed by atoms with Gasteiger partial charge in [0.2, 0.25) is 0 Å². The van der Waals surface area contributed by atoms with Gasteiger partial charge in [-0.25, -0.2) is 0 Å². The van der Waals surface area contributed by atoms with Crippen LogP contribution in [-0.4, -0.2) is 75.5 Å². The number of hydrogen-bond donors (Lipinski definition) is 0. The van der Waals surface area contributed by atoms with Crippen LogP contribution in [0.25, 0.3) is 0 Å². The van der Waals surface area contributed by atoms with Crippen molar-refractivity contribution in [3.8, 4) is 0 Å². The van der Waals surface area contributed by atoms with Crippen molar-refractivity contribution in [2.75, 3.05) is 41.0 Å². The number of aliphatic carboxylic acids is 1. The fourth-order valence-electron chi connectivity index (χ4n) is 6.86. The maximum Gasteiger partial charge on any atom is 0.306 e. The van der Waals surface area contributed by atoms with Gasteiger partial charge >= 0.3 is 11.9 Å². The van der Waals surface area contributed by atoms with Crippen LogP contribution in [0.15, 0.2) is 85.1 Å². The molecule has 0 saturated heterocycles. The summed E-state index contributed by atoms with van der Waals surface area (Å²) in [6.07, 6.45) is 57.6. The van der Waals surface area contributed by atoms with Crippen molar-refractivity contribution in [1.82, 2.24) is 0 Å². The fraction of sp³-hybridized carbons (Fsp3) is 0.685. The Kier molecular flexibility index (Phi) is 41.6. The number of ether oxygens (including phenoxy) is 3. The molecular formula is C54H91NO7. The molecule has 354 valence electrons. The Morgan fingerprint density at radius 3 is 1.40 bits per heavy atom. The number of hydrogen-bond acceptors (Lipinski definition) is 7. The molecule has 8 nitrogen and oxygen atoms in total. The van der Waals surface area contributed by atoms with Gasteiger partial charge in [-0.1, -0.05) is 195 Å². The first kappa shape index (κ1) is 58.5. The second-order valence-electron chi connectivity index (χ2n) is 17.5. The predicted octanol–water partition coefficient (Wildman–Crippen LogP) is 12.7. The van der Waals surface area contributed by atoms with Crippen LogP contribution in [0.3, 0.4) is 0 Å². The van der Waals surface area contributed by atoms with Crippen molar-refractivity contribution >= 4 is 17.9 Å². The summed E-state index contributed by atoms with van der Waals surface area (Å²) >= 11 is 0. The molecule has 0 aliphatic rings. The summed E-state index contributed by atoms with van der Waals surface area (Å²) in [6, 6.07) is -0.740. The lowest BCUT2D eigenvalue weighted by atomic mass is 10.1. The average molecular weight is 866 g/mol. The second kappa shape index (κ2) is 44.1. The topological polar surface area (TPSA) is 102 Å². The van der Waals surface area contributed by atoms with Crippen molar-refractivity contribution in [2.45, 2.75) is 199 Å². The summed E-state index contributed by atoms with van der Waals surface area (Å²) in [4.78, 5) is 37.0. The Hall–Kier alpha value is -3.49. The van der Waals surface area contributed by atoms with Gasteiger partial charge < -0.3 is 28.6 Å². The zero-order valence-corrected chi connectivity index (χ0v) is 40.3. The lowest BCUT2D eigenvalue weighted by Gasteiger charge is -2.34. The third-order valence-corrected chi connectivity index (χ3v) is 10.7. The Morgan fingerprint density at radius 2 is 0.919 bits per heavy atom. The van der Waals surface area contributed by atoms with E-state index in [0.717, 1.165) is 44.9 Å². The lowest BCUT2D eigenvalue weighted by Crippen LogP contribution is -2.55. The summed E-state index contributed by atoms with van der Waals surface area (Å²) in [5.74, 6) is -1.80. The molecular weight excluding hydrogens is 775 g/mol. The SMILES string of the molecule is CC/C=C/C=C/C=C/C=C/C=C/C=C/CCCCCC(=O)OC(COCCC(C(=O)[O-])[N+](C)(C)C)COC(=O)CCCCCCCCC/C=C/CCCCCCCCCCCC. The Balaban J connectivity index is 4.35. The zero-order valence-electron chi connectivity index (χ0n) is 40.3. The van der Waals surface area contributed by atoms with Crippen LogP contribution in [0.5, 0.6) is 0 Å². The number of rotatable bonds is 43. The third kappa shape index (κ3) is 41.8. The van der Waals surface area contributed by atoms with Gasteiger partial charge in [-0.2, -0.15) is 0 Å². The van der Waals surface area contributed by atoms with Gasteiger partial charge in [-0.3, -0.25) is 9.59 Å². The molecule has 0 bridgehead atoms. The van der Waals surface area contributed by atoms with Gasteiger partial charge in [-0.15, -0.1) is 0 Å². The molecule has 0 rings (SSSR count). The Morgan fingerprint density at radius 1 is 0.500 bits per heavy atom. The largest absolute Gasteiger partial charge is 0.544 e. The molecule has 8 heteroatoms. The van der Waals surface area contributed by atoms with Crippen LogP contribution in [0.1, 0.15) is 187 Å². The van der Waals surface area contributed by atoms with E-state index in [9.17, 15) is 19.5 Å². The number of carbonyl (C=O) groups is 3. The van der Waals surface area contributed by atoms with Gasteiger partial charge in [0.05, 0.1) is 40.3 Å². The summed E-state index contributed by atoms with van der Waals surface area (Å²) in [5, 5.41) is 11.7. The van der Waals surface area contributed by atoms with Gasteiger partial charge in [0.15, 0.2) is 6.10 Å². The third-order valence-electron chi connectivity index (χ3n) is 10.7. The summed E-state index contributed by atoms with van der Waals surface area (Å²) < 4.78 is 17.2. The number of quaternary nitrogens is 1. The lowest BCUT2D eigenvalue weighted by molar-refractivity contribution is -0.889. The normalized spacial score (nSPS) is 13.6. The maximum atomic E-state index is 12.7. The van der Waals surface area contributed by atoms with Crippen molar-refractivity contribution in [2.24, 2.45) is 0 Å². The number of carbonyl (C=O) groups excluding carboxylic acids is 3. The van der Waals surface area contributed by atoms with Crippen LogP contribution in [-0.2, 0) is 28.6 Å². The molecule has 2 atom stereocenters. The van der Waals surface area contributed by atoms with Crippen LogP contribution in [0.2, 0.25) is 0 Å². The monoisotopic (exact) mass is 866 g/mol. The first-order chi connectivity index (χ1) is 30.1. The number of carboxylic acid groups (broad SMARTS) is 1. The molecule has 0 spiro atoms. The Labute approximate surface area is 380 Å². The molecule has 0 fully saturated rings. The Bertz CT molecular complexity index is 1290. The molecule has 0 heterocycles. The number of carboxylic acids is 1. The number of esters is 2. The summed E-state index contributed by atoms with van der Waals surface area (Å²) in [7, 11) is 5.39. The number of likely N-dealkylation sites (N-methyl/N-ethyl adjacent to an activating group) is 1. The van der Waals surface area contributed by atoms with Crippen LogP contribution >= 0.6 is 0 Å². The average Bonchev–Trinajstić information content (AvgIpc) is 3.23. The van der Waals surface area contributed by atoms with Gasteiger partial charge in [-0.05, 0) is 57.8 Å². The molecule has 62 heavy (non-hydrogen) atoms. The van der Waals surface area contributed by atoms with Gasteiger partial charge in [0.25, 0.3) is 0 Å². The molecule has 0 aliphatic heterocycles. The summed E-state index contributed by atoms with van der Waals surface area (Å²) in [5.41, 5.74) is 0. The van der Waals surface area contributed by atoms with E-state index < -0.39 is 18.1 Å². The first-order valence-electron chi connectivity index (χ1n) is 24.7. The zero-order chi connectivity index (χ0) is 45.6. The number of allylic oxidation sites excluding steroid dienone is 14. The molecule has 0 aliphatic carbocycles. The highest BCUT2D eigenvalue weighted by Gasteiger charge is 2.25. The van der Waals surface area contributed by atoms with E-state index in [-0.39, 0.29) is 49.1 Å². The standard InChI is InChI=1S/C54H91NO7/c1-6-8-10-12-14-16-18-20-22-24-25-26-27-29-30-32-34-36-38-40-42-44-52(56)61-49-50(48-60-47-46-51(54(58)59)55(3,4)5)62-53(57)45-43-41-39-37-35-33-31-28-23-21-19-17-15-13-11-9-7-2/h9,11,13,15,17,19,21,23,26-28,31,33,35,50-51H,6-8,10,12,14,16,18,20,22,24-25,29-30,32,34,36-49H2,1-5H3/b11-9+,15-13+,19-17+,23-21+,27-26+,31-28+,35-33+. The van der Waals surface area contributed by atoms with E-state index >= 15 is 0 Å². The maximum absolute atomic E-state index is 12.7. The van der Waals surface area contributed by atoms with E-state index in [1.165, 1.54) is 103 Å². The van der Waals surface area contributed by atoms with E-state index in [1.54, 1.807) is 21.1 Å². The second-order valence-corrected chi connectivity index (χ2v) is 17.5. The highest BCUT2D eigenvalue weighted by atomic mass is 16.6. The molecule has 0 saturated carbocycles. The van der Waals surface area contributed by atoms with Crippen molar-refractivity contribution < 1.29 is 38.2 Å². The first-order valence-corrected chi connectivity index (χ1v) is 24.7. The van der Waals surface area contributed by atoms with Crippen molar-refractivity contribution in [3.05, 3.63) is 85.1 Å². The van der Waals surface area contributed by atoms with Crippen LogP contribution < -0.4 is 5.11 Å². The smallest absolute Gasteiger partial charge is 0.306 e. The molecule has 2 unspecified atom stereocenters. The predicted molar refractivity (Wildman–Crippen MR) is 258 cm³/mol. The number of unbranched alkanes of at least 4 members (excludes halogenated alkanes) is 20. The minimum atomic E-state index is -1.14. The number of nitrogens with zero attached hydrogens (tertiary/aromatic N) is 1. The van der Waals surface area contributed by atoms with Crippen molar-refractivity contribution in [1.29, 1.82) is 0 Å². The van der Waals surface area contributed by atoms with E-state index in [1.807, 2.05) is 60.8 Å². The van der Waals surface area contributed by atoms with Crippen LogP contribution in [0, 0.1) is 0 Å². The van der Waals surface area contributed by atoms with Gasteiger partial charge in [0, 0.05) is 19.3 Å². The summed E-state index contributed by atoms with van der Waals surface area (Å²) in [6.45, 7) is 4.46. The highest BCUT2D eigenvalue weighted by molar-refractivity contribution is 5.70. The molecule has 0 radical (unpaired) electrons. The highest BCUT2D eigenvalue weighted by Crippen LogP contribution is 2.14. The van der Waals surface area contributed by atoms with Crippen molar-refractivity contribution in [3.63, 3.8) is 0 Å². The van der Waals surface area contributed by atoms with E-state index in [2.05, 4.69) is 38.2 Å². The van der Waals surface area contributed by atoms with Gasteiger partial charge in [0.1, 0.15) is 12.6 Å². The molecule has 0 amide bonds. The molecule has 0 aromatic rings.